The largest absolute Gasteiger partial charge is 0.395 e. The third-order valence-electron chi connectivity index (χ3n) is 3.62. The number of nitrogens with zero attached hydrogens (tertiary/aromatic N) is 3. The first kappa shape index (κ1) is 9.24. The fourth-order valence-corrected chi connectivity index (χ4v) is 2.98. The van der Waals surface area contributed by atoms with E-state index >= 15 is 0 Å². The predicted octanol–water partition coefficient (Wildman–Crippen LogP) is 0.530. The van der Waals surface area contributed by atoms with Gasteiger partial charge in [-0.1, -0.05) is 0 Å². The normalized spacial score (nSPS) is 29.1. The van der Waals surface area contributed by atoms with Crippen LogP contribution in [0.3, 0.4) is 0 Å². The second kappa shape index (κ2) is 3.54. The average molecular weight is 205 g/mol. The first-order valence-electron chi connectivity index (χ1n) is 5.55. The van der Waals surface area contributed by atoms with Crippen LogP contribution in [0, 0.1) is 0 Å². The van der Waals surface area contributed by atoms with Crippen LogP contribution in [-0.2, 0) is 6.42 Å². The van der Waals surface area contributed by atoms with Gasteiger partial charge in [0.05, 0.1) is 12.3 Å². The Morgan fingerprint density at radius 2 is 2.40 bits per heavy atom. The molecule has 3 rings (SSSR count). The Morgan fingerprint density at radius 1 is 1.47 bits per heavy atom. The summed E-state index contributed by atoms with van der Waals surface area (Å²) in [5.41, 5.74) is 2.49. The van der Waals surface area contributed by atoms with E-state index in [0.29, 0.717) is 12.1 Å². The summed E-state index contributed by atoms with van der Waals surface area (Å²) in [6, 6.07) is 1.04. The van der Waals surface area contributed by atoms with E-state index in [-0.39, 0.29) is 6.61 Å². The molecular formula is C11H15N3O. The first-order valence-corrected chi connectivity index (χ1v) is 5.55. The maximum Gasteiger partial charge on any atom is 0.115 e. The molecule has 2 atom stereocenters. The van der Waals surface area contributed by atoms with Crippen molar-refractivity contribution in [1.82, 2.24) is 14.9 Å². The van der Waals surface area contributed by atoms with Crippen LogP contribution in [0.2, 0.25) is 0 Å². The van der Waals surface area contributed by atoms with E-state index in [9.17, 15) is 0 Å². The number of aliphatic hydroxyl groups excluding tert-OH is 1. The Hall–Kier alpha value is -1.00. The van der Waals surface area contributed by atoms with E-state index in [1.54, 1.807) is 6.33 Å². The summed E-state index contributed by atoms with van der Waals surface area (Å²) in [5.74, 6) is 0. The Bertz CT molecular complexity index is 369. The van der Waals surface area contributed by atoms with Crippen LogP contribution < -0.4 is 0 Å². The molecule has 2 unspecified atom stereocenters. The molecule has 4 heteroatoms. The van der Waals surface area contributed by atoms with E-state index in [1.807, 2.05) is 6.20 Å². The molecule has 4 nitrogen and oxygen atoms in total. The molecule has 1 N–H and O–H groups in total. The van der Waals surface area contributed by atoms with Gasteiger partial charge in [0.25, 0.3) is 0 Å². The summed E-state index contributed by atoms with van der Waals surface area (Å²) in [5, 5.41) is 9.06. The van der Waals surface area contributed by atoms with Gasteiger partial charge in [-0.15, -0.1) is 0 Å². The van der Waals surface area contributed by atoms with E-state index in [1.165, 1.54) is 24.1 Å². The van der Waals surface area contributed by atoms with Gasteiger partial charge in [0.2, 0.25) is 0 Å². The molecule has 0 spiro atoms. The summed E-state index contributed by atoms with van der Waals surface area (Å²) < 4.78 is 0. The summed E-state index contributed by atoms with van der Waals surface area (Å²) in [4.78, 5) is 10.9. The van der Waals surface area contributed by atoms with Crippen molar-refractivity contribution in [3.63, 3.8) is 0 Å². The number of hydrogen-bond donors (Lipinski definition) is 1. The van der Waals surface area contributed by atoms with Gasteiger partial charge >= 0.3 is 0 Å². The van der Waals surface area contributed by atoms with Gasteiger partial charge in [-0.2, -0.15) is 0 Å². The first-order chi connectivity index (χ1) is 7.40. The zero-order valence-corrected chi connectivity index (χ0v) is 8.63. The Kier molecular flexibility index (Phi) is 2.18. The molecule has 0 amide bonds. The van der Waals surface area contributed by atoms with Crippen LogP contribution in [0.4, 0.5) is 0 Å². The molecule has 0 aliphatic carbocycles. The van der Waals surface area contributed by atoms with Crippen molar-refractivity contribution in [2.24, 2.45) is 0 Å². The van der Waals surface area contributed by atoms with Crippen molar-refractivity contribution in [3.8, 4) is 0 Å². The molecule has 0 radical (unpaired) electrons. The minimum absolute atomic E-state index is 0.246. The van der Waals surface area contributed by atoms with Gasteiger partial charge < -0.3 is 5.11 Å². The second-order valence-electron chi connectivity index (χ2n) is 4.34. The fraction of sp³-hybridized carbons (Fsp3) is 0.636. The van der Waals surface area contributed by atoms with Crippen LogP contribution in [0.25, 0.3) is 0 Å². The van der Waals surface area contributed by atoms with Gasteiger partial charge in [0.1, 0.15) is 6.33 Å². The minimum Gasteiger partial charge on any atom is -0.395 e. The lowest BCUT2D eigenvalue weighted by Gasteiger charge is -2.34. The molecule has 1 aromatic heterocycles. The lowest BCUT2D eigenvalue weighted by Crippen LogP contribution is -2.39. The van der Waals surface area contributed by atoms with Crippen molar-refractivity contribution >= 4 is 0 Å². The molecule has 0 saturated carbocycles. The zero-order valence-electron chi connectivity index (χ0n) is 8.63. The lowest BCUT2D eigenvalue weighted by atomic mass is 9.99. The minimum atomic E-state index is 0.246. The smallest absolute Gasteiger partial charge is 0.115 e. The molecule has 80 valence electrons. The highest BCUT2D eigenvalue weighted by Crippen LogP contribution is 2.42. The summed E-state index contributed by atoms with van der Waals surface area (Å²) >= 11 is 0. The number of hydrogen-bond acceptors (Lipinski definition) is 4. The highest BCUT2D eigenvalue weighted by molar-refractivity contribution is 5.27. The third-order valence-corrected chi connectivity index (χ3v) is 3.62. The van der Waals surface area contributed by atoms with Gasteiger partial charge in [0.15, 0.2) is 0 Å². The third kappa shape index (κ3) is 1.36. The van der Waals surface area contributed by atoms with Crippen LogP contribution in [0.15, 0.2) is 12.5 Å². The predicted molar refractivity (Wildman–Crippen MR) is 55.3 cm³/mol. The highest BCUT2D eigenvalue weighted by atomic mass is 16.3. The van der Waals surface area contributed by atoms with E-state index in [4.69, 9.17) is 5.11 Å². The Morgan fingerprint density at radius 3 is 3.27 bits per heavy atom. The number of rotatable bonds is 2. The Balaban J connectivity index is 1.97. The average Bonchev–Trinajstić information content (AvgIpc) is 2.56. The van der Waals surface area contributed by atoms with Gasteiger partial charge in [-0.05, 0) is 12.8 Å². The molecule has 3 heterocycles. The maximum absolute atomic E-state index is 9.06. The molecular weight excluding hydrogens is 190 g/mol. The van der Waals surface area contributed by atoms with Crippen molar-refractivity contribution in [2.45, 2.75) is 31.3 Å². The molecule has 1 aromatic rings. The molecule has 2 aliphatic rings. The number of aliphatic hydroxyl groups is 1. The molecule has 1 saturated heterocycles. The van der Waals surface area contributed by atoms with E-state index < -0.39 is 0 Å². The van der Waals surface area contributed by atoms with Crippen LogP contribution in [0.1, 0.15) is 30.1 Å². The van der Waals surface area contributed by atoms with E-state index in [2.05, 4.69) is 14.9 Å². The zero-order chi connectivity index (χ0) is 10.3. The lowest BCUT2D eigenvalue weighted by molar-refractivity contribution is 0.134. The van der Waals surface area contributed by atoms with Crippen LogP contribution in [-0.4, -0.2) is 39.2 Å². The Labute approximate surface area is 89.0 Å². The monoisotopic (exact) mass is 205 g/mol. The maximum atomic E-state index is 9.06. The highest BCUT2D eigenvalue weighted by Gasteiger charge is 2.39. The van der Waals surface area contributed by atoms with Crippen LogP contribution in [0.5, 0.6) is 0 Å². The topological polar surface area (TPSA) is 49.2 Å². The summed E-state index contributed by atoms with van der Waals surface area (Å²) in [6.07, 6.45) is 7.01. The van der Waals surface area contributed by atoms with E-state index in [0.717, 1.165) is 13.0 Å². The summed E-state index contributed by atoms with van der Waals surface area (Å²) in [6.45, 7) is 1.03. The SMILES string of the molecule is OCCN1C2CCC1c1cncnc1C2. The van der Waals surface area contributed by atoms with Gasteiger partial charge in [0, 0.05) is 36.8 Å². The number of aromatic nitrogens is 2. The van der Waals surface area contributed by atoms with Crippen molar-refractivity contribution in [1.29, 1.82) is 0 Å². The molecule has 1 fully saturated rings. The second-order valence-corrected chi connectivity index (χ2v) is 4.34. The fourth-order valence-electron chi connectivity index (χ4n) is 2.98. The standard InChI is InChI=1S/C11H15N3O/c15-4-3-14-8-1-2-11(14)9-6-12-7-13-10(9)5-8/h6-8,11,15H,1-5H2. The van der Waals surface area contributed by atoms with Crippen LogP contribution >= 0.6 is 0 Å². The molecule has 2 bridgehead atoms. The molecule has 0 aromatic carbocycles. The van der Waals surface area contributed by atoms with Crippen molar-refractivity contribution in [3.05, 3.63) is 23.8 Å². The summed E-state index contributed by atoms with van der Waals surface area (Å²) in [7, 11) is 0. The molecule has 15 heavy (non-hydrogen) atoms. The van der Waals surface area contributed by atoms with Crippen molar-refractivity contribution in [2.75, 3.05) is 13.2 Å². The van der Waals surface area contributed by atoms with Crippen molar-refractivity contribution < 1.29 is 5.11 Å². The molecule has 2 aliphatic heterocycles. The quantitative estimate of drug-likeness (QED) is 0.765. The number of fused-ring (bicyclic) bond motifs is 4. The van der Waals surface area contributed by atoms with Gasteiger partial charge in [-0.3, -0.25) is 4.90 Å². The van der Waals surface area contributed by atoms with Gasteiger partial charge in [-0.25, -0.2) is 9.97 Å².